The molecule has 1 unspecified atom stereocenters. The predicted molar refractivity (Wildman–Crippen MR) is 77.5 cm³/mol. The molecule has 0 saturated heterocycles. The predicted octanol–water partition coefficient (Wildman–Crippen LogP) is 4.66. The number of nitrogens with one attached hydrogen (secondary N) is 1. The topological polar surface area (TPSA) is 12.0 Å². The summed E-state index contributed by atoms with van der Waals surface area (Å²) in [4.78, 5) is 0. The highest BCUT2D eigenvalue weighted by atomic mass is 79.9. The molecule has 1 atom stereocenters. The highest BCUT2D eigenvalue weighted by Gasteiger charge is 2.03. The van der Waals surface area contributed by atoms with Gasteiger partial charge in [0.1, 0.15) is 0 Å². The molecular weight excluding hydrogens is 274 g/mol. The van der Waals surface area contributed by atoms with Gasteiger partial charge in [0.2, 0.25) is 0 Å². The van der Waals surface area contributed by atoms with Crippen LogP contribution in [0.25, 0.3) is 0 Å². The number of halogens is 1. The van der Waals surface area contributed by atoms with Crippen LogP contribution in [-0.4, -0.2) is 6.54 Å². The first kappa shape index (κ1) is 12.2. The van der Waals surface area contributed by atoms with E-state index in [9.17, 15) is 0 Å². The van der Waals surface area contributed by atoms with E-state index in [4.69, 9.17) is 0 Å². The van der Waals surface area contributed by atoms with Gasteiger partial charge in [0, 0.05) is 16.7 Å². The molecule has 0 aliphatic rings. The molecule has 0 saturated carbocycles. The molecule has 0 aliphatic heterocycles. The molecule has 0 bridgehead atoms. The molecule has 0 aromatic heterocycles. The molecule has 0 heterocycles. The van der Waals surface area contributed by atoms with Crippen molar-refractivity contribution < 1.29 is 0 Å². The smallest absolute Gasteiger partial charge is 0.0341 e. The molecule has 0 fully saturated rings. The SMILES string of the molecule is CC(CNc1ccc(Br)cc1)c1ccccc1. The minimum Gasteiger partial charge on any atom is -0.384 e. The third-order valence-electron chi connectivity index (χ3n) is 2.83. The van der Waals surface area contributed by atoms with Gasteiger partial charge in [-0.15, -0.1) is 0 Å². The largest absolute Gasteiger partial charge is 0.384 e. The maximum atomic E-state index is 3.45. The van der Waals surface area contributed by atoms with Crippen molar-refractivity contribution in [1.29, 1.82) is 0 Å². The van der Waals surface area contributed by atoms with Gasteiger partial charge in [-0.1, -0.05) is 53.2 Å². The van der Waals surface area contributed by atoms with E-state index in [2.05, 4.69) is 82.8 Å². The molecule has 88 valence electrons. The van der Waals surface area contributed by atoms with Crippen molar-refractivity contribution in [3.05, 3.63) is 64.6 Å². The van der Waals surface area contributed by atoms with Crippen LogP contribution in [0.1, 0.15) is 18.4 Å². The number of anilines is 1. The Morgan fingerprint density at radius 2 is 1.65 bits per heavy atom. The molecule has 1 N–H and O–H groups in total. The van der Waals surface area contributed by atoms with E-state index in [0.717, 1.165) is 16.7 Å². The van der Waals surface area contributed by atoms with Crippen LogP contribution in [0.15, 0.2) is 59.1 Å². The van der Waals surface area contributed by atoms with E-state index in [1.54, 1.807) is 0 Å². The standard InChI is InChI=1S/C15H16BrN/c1-12(13-5-3-2-4-6-13)11-17-15-9-7-14(16)8-10-15/h2-10,12,17H,11H2,1H3. The zero-order valence-corrected chi connectivity index (χ0v) is 11.4. The zero-order chi connectivity index (χ0) is 12.1. The lowest BCUT2D eigenvalue weighted by Crippen LogP contribution is -2.09. The summed E-state index contributed by atoms with van der Waals surface area (Å²) in [7, 11) is 0. The molecule has 2 rings (SSSR count). The first-order chi connectivity index (χ1) is 8.25. The van der Waals surface area contributed by atoms with Gasteiger partial charge in [0.05, 0.1) is 0 Å². The molecule has 2 aromatic rings. The fourth-order valence-corrected chi connectivity index (χ4v) is 2.00. The van der Waals surface area contributed by atoms with Crippen molar-refractivity contribution in [1.82, 2.24) is 0 Å². The average molecular weight is 290 g/mol. The van der Waals surface area contributed by atoms with Gasteiger partial charge in [-0.3, -0.25) is 0 Å². The van der Waals surface area contributed by atoms with Crippen LogP contribution in [0.3, 0.4) is 0 Å². The monoisotopic (exact) mass is 289 g/mol. The maximum absolute atomic E-state index is 3.45. The van der Waals surface area contributed by atoms with Crippen LogP contribution in [0.5, 0.6) is 0 Å². The number of hydrogen-bond donors (Lipinski definition) is 1. The fraction of sp³-hybridized carbons (Fsp3) is 0.200. The Morgan fingerprint density at radius 1 is 1.00 bits per heavy atom. The quantitative estimate of drug-likeness (QED) is 0.863. The number of benzene rings is 2. The van der Waals surface area contributed by atoms with E-state index in [1.807, 2.05) is 0 Å². The summed E-state index contributed by atoms with van der Waals surface area (Å²) in [6.07, 6.45) is 0. The highest BCUT2D eigenvalue weighted by molar-refractivity contribution is 9.10. The molecule has 2 aromatic carbocycles. The summed E-state index contributed by atoms with van der Waals surface area (Å²) < 4.78 is 1.11. The summed E-state index contributed by atoms with van der Waals surface area (Å²) in [6, 6.07) is 18.9. The molecule has 17 heavy (non-hydrogen) atoms. The lowest BCUT2D eigenvalue weighted by molar-refractivity contribution is 0.805. The summed E-state index contributed by atoms with van der Waals surface area (Å²) in [6.45, 7) is 3.19. The van der Waals surface area contributed by atoms with Crippen molar-refractivity contribution in [3.63, 3.8) is 0 Å². The Bertz CT molecular complexity index is 450. The van der Waals surface area contributed by atoms with E-state index in [1.165, 1.54) is 5.56 Å². The van der Waals surface area contributed by atoms with Crippen LogP contribution in [0, 0.1) is 0 Å². The second kappa shape index (κ2) is 5.87. The first-order valence-corrected chi connectivity index (χ1v) is 6.59. The van der Waals surface area contributed by atoms with E-state index in [0.29, 0.717) is 5.92 Å². The summed E-state index contributed by atoms with van der Waals surface area (Å²) >= 11 is 3.43. The minimum absolute atomic E-state index is 0.514. The van der Waals surface area contributed by atoms with Crippen LogP contribution >= 0.6 is 15.9 Å². The van der Waals surface area contributed by atoms with Crippen LogP contribution in [0.2, 0.25) is 0 Å². The Labute approximate surface area is 111 Å². The third kappa shape index (κ3) is 3.60. The Hall–Kier alpha value is -1.28. The van der Waals surface area contributed by atoms with Crippen molar-refractivity contribution >= 4 is 21.6 Å². The van der Waals surface area contributed by atoms with Gasteiger partial charge in [0.15, 0.2) is 0 Å². The lowest BCUT2D eigenvalue weighted by atomic mass is 10.0. The molecular formula is C15H16BrN. The summed E-state index contributed by atoms with van der Waals surface area (Å²) in [5.74, 6) is 0.514. The van der Waals surface area contributed by atoms with E-state index >= 15 is 0 Å². The zero-order valence-electron chi connectivity index (χ0n) is 9.86. The minimum atomic E-state index is 0.514. The van der Waals surface area contributed by atoms with Gasteiger partial charge in [-0.05, 0) is 35.7 Å². The first-order valence-electron chi connectivity index (χ1n) is 5.80. The second-order valence-electron chi connectivity index (χ2n) is 4.20. The second-order valence-corrected chi connectivity index (χ2v) is 5.12. The average Bonchev–Trinajstić information content (AvgIpc) is 2.39. The fourth-order valence-electron chi connectivity index (χ4n) is 1.74. The molecule has 0 spiro atoms. The summed E-state index contributed by atoms with van der Waals surface area (Å²) in [5.41, 5.74) is 2.54. The van der Waals surface area contributed by atoms with Gasteiger partial charge < -0.3 is 5.32 Å². The van der Waals surface area contributed by atoms with Crippen molar-refractivity contribution in [2.75, 3.05) is 11.9 Å². The lowest BCUT2D eigenvalue weighted by Gasteiger charge is -2.14. The molecule has 0 aliphatic carbocycles. The molecule has 2 heteroatoms. The number of hydrogen-bond acceptors (Lipinski definition) is 1. The molecule has 1 nitrogen and oxygen atoms in total. The van der Waals surface area contributed by atoms with Gasteiger partial charge in [-0.2, -0.15) is 0 Å². The highest BCUT2D eigenvalue weighted by Crippen LogP contribution is 2.17. The molecule has 0 radical (unpaired) electrons. The normalized spacial score (nSPS) is 12.1. The van der Waals surface area contributed by atoms with Crippen molar-refractivity contribution in [3.8, 4) is 0 Å². The Kier molecular flexibility index (Phi) is 4.21. The van der Waals surface area contributed by atoms with Crippen LogP contribution in [-0.2, 0) is 0 Å². The van der Waals surface area contributed by atoms with Gasteiger partial charge in [0.25, 0.3) is 0 Å². The van der Waals surface area contributed by atoms with Gasteiger partial charge >= 0.3 is 0 Å². The molecule has 0 amide bonds. The third-order valence-corrected chi connectivity index (χ3v) is 3.35. The Balaban J connectivity index is 1.92. The Morgan fingerprint density at radius 3 is 2.29 bits per heavy atom. The maximum Gasteiger partial charge on any atom is 0.0341 e. The van der Waals surface area contributed by atoms with Crippen molar-refractivity contribution in [2.24, 2.45) is 0 Å². The van der Waals surface area contributed by atoms with Gasteiger partial charge in [-0.25, -0.2) is 0 Å². The summed E-state index contributed by atoms with van der Waals surface area (Å²) in [5, 5.41) is 3.45. The van der Waals surface area contributed by atoms with Crippen molar-refractivity contribution in [2.45, 2.75) is 12.8 Å². The van der Waals surface area contributed by atoms with E-state index in [-0.39, 0.29) is 0 Å². The van der Waals surface area contributed by atoms with Crippen LogP contribution in [0.4, 0.5) is 5.69 Å². The van der Waals surface area contributed by atoms with E-state index < -0.39 is 0 Å². The van der Waals surface area contributed by atoms with Crippen LogP contribution < -0.4 is 5.32 Å². The number of rotatable bonds is 4.